The molecular formula is C17H20N2O. The monoisotopic (exact) mass is 268 g/mol. The summed E-state index contributed by atoms with van der Waals surface area (Å²) >= 11 is 0. The van der Waals surface area contributed by atoms with Gasteiger partial charge in [-0.2, -0.15) is 0 Å². The Bertz CT molecular complexity index is 592. The van der Waals surface area contributed by atoms with Gasteiger partial charge in [0.1, 0.15) is 5.82 Å². The molecule has 20 heavy (non-hydrogen) atoms. The van der Waals surface area contributed by atoms with E-state index in [0.717, 1.165) is 11.4 Å². The molecule has 3 nitrogen and oxygen atoms in total. The molecule has 3 rings (SSSR count). The molecule has 1 aliphatic rings. The van der Waals surface area contributed by atoms with Crippen LogP contribution in [0.25, 0.3) is 0 Å². The Labute approximate surface area is 119 Å². The highest BCUT2D eigenvalue weighted by molar-refractivity contribution is 5.96. The van der Waals surface area contributed by atoms with E-state index >= 15 is 0 Å². The standard InChI is InChI=1S/C17H20N2O/c1-13-18-11-12-19(13)17(20)16-9-7-15(8-10-16)14-5-3-2-4-6-14/h7-12,14H,2-6H2,1H3. The van der Waals surface area contributed by atoms with Crippen molar-refractivity contribution in [3.8, 4) is 0 Å². The van der Waals surface area contributed by atoms with Crippen LogP contribution in [-0.4, -0.2) is 15.5 Å². The van der Waals surface area contributed by atoms with Gasteiger partial charge in [0.25, 0.3) is 5.91 Å². The van der Waals surface area contributed by atoms with Crippen molar-refractivity contribution in [3.05, 3.63) is 53.6 Å². The Kier molecular flexibility index (Phi) is 3.68. The summed E-state index contributed by atoms with van der Waals surface area (Å²) in [5.41, 5.74) is 2.11. The molecule has 3 heteroatoms. The van der Waals surface area contributed by atoms with Gasteiger partial charge in [0.05, 0.1) is 0 Å². The minimum Gasteiger partial charge on any atom is -0.270 e. The fourth-order valence-electron chi connectivity index (χ4n) is 3.07. The first-order valence-corrected chi connectivity index (χ1v) is 7.40. The van der Waals surface area contributed by atoms with Crippen molar-refractivity contribution in [1.29, 1.82) is 0 Å². The molecule has 0 N–H and O–H groups in total. The third kappa shape index (κ3) is 2.53. The van der Waals surface area contributed by atoms with Crippen molar-refractivity contribution >= 4 is 5.91 Å². The van der Waals surface area contributed by atoms with Gasteiger partial charge in [-0.05, 0) is 43.4 Å². The fourth-order valence-corrected chi connectivity index (χ4v) is 3.07. The summed E-state index contributed by atoms with van der Waals surface area (Å²) in [5, 5.41) is 0. The van der Waals surface area contributed by atoms with Gasteiger partial charge in [0.2, 0.25) is 0 Å². The van der Waals surface area contributed by atoms with Crippen LogP contribution in [0, 0.1) is 6.92 Å². The number of hydrogen-bond donors (Lipinski definition) is 0. The summed E-state index contributed by atoms with van der Waals surface area (Å²) in [6.45, 7) is 1.84. The molecule has 1 aromatic heterocycles. The highest BCUT2D eigenvalue weighted by Crippen LogP contribution is 2.32. The lowest BCUT2D eigenvalue weighted by Crippen LogP contribution is -2.13. The van der Waals surface area contributed by atoms with Gasteiger partial charge in [0.15, 0.2) is 0 Å². The smallest absolute Gasteiger partial charge is 0.263 e. The van der Waals surface area contributed by atoms with E-state index in [2.05, 4.69) is 17.1 Å². The van der Waals surface area contributed by atoms with Crippen LogP contribution in [-0.2, 0) is 0 Å². The topological polar surface area (TPSA) is 34.9 Å². The maximum atomic E-state index is 12.3. The van der Waals surface area contributed by atoms with Gasteiger partial charge >= 0.3 is 0 Å². The Morgan fingerprint density at radius 1 is 1.15 bits per heavy atom. The summed E-state index contributed by atoms with van der Waals surface area (Å²) < 4.78 is 1.59. The van der Waals surface area contributed by atoms with Crippen molar-refractivity contribution in [2.24, 2.45) is 0 Å². The number of imidazole rings is 1. The van der Waals surface area contributed by atoms with Crippen molar-refractivity contribution in [3.63, 3.8) is 0 Å². The molecule has 0 bridgehead atoms. The zero-order valence-corrected chi connectivity index (χ0v) is 11.9. The Morgan fingerprint density at radius 3 is 2.45 bits per heavy atom. The number of carbonyl (C=O) groups excluding carboxylic acids is 1. The first kappa shape index (κ1) is 13.1. The van der Waals surface area contributed by atoms with Crippen LogP contribution in [0.15, 0.2) is 36.7 Å². The summed E-state index contributed by atoms with van der Waals surface area (Å²) in [7, 11) is 0. The van der Waals surface area contributed by atoms with Crippen molar-refractivity contribution in [2.45, 2.75) is 44.9 Å². The van der Waals surface area contributed by atoms with Crippen molar-refractivity contribution in [2.75, 3.05) is 0 Å². The lowest BCUT2D eigenvalue weighted by molar-refractivity contribution is 0.0957. The number of aromatic nitrogens is 2. The third-order valence-electron chi connectivity index (χ3n) is 4.28. The first-order valence-electron chi connectivity index (χ1n) is 7.40. The Morgan fingerprint density at radius 2 is 1.85 bits per heavy atom. The molecule has 1 aromatic carbocycles. The summed E-state index contributed by atoms with van der Waals surface area (Å²) in [6.07, 6.45) is 9.98. The minimum absolute atomic E-state index is 0.00445. The second kappa shape index (κ2) is 5.61. The van der Waals surface area contributed by atoms with Crippen LogP contribution < -0.4 is 0 Å². The maximum Gasteiger partial charge on any atom is 0.263 e. The molecule has 0 aliphatic heterocycles. The predicted molar refractivity (Wildman–Crippen MR) is 79.0 cm³/mol. The van der Waals surface area contributed by atoms with Gasteiger partial charge in [0, 0.05) is 18.0 Å². The number of aryl methyl sites for hydroxylation is 1. The molecule has 1 fully saturated rings. The second-order valence-corrected chi connectivity index (χ2v) is 5.61. The molecule has 0 radical (unpaired) electrons. The van der Waals surface area contributed by atoms with Crippen LogP contribution in [0.4, 0.5) is 0 Å². The number of hydrogen-bond acceptors (Lipinski definition) is 2. The van der Waals surface area contributed by atoms with Crippen LogP contribution in [0.2, 0.25) is 0 Å². The van der Waals surface area contributed by atoms with Gasteiger partial charge in [-0.1, -0.05) is 31.4 Å². The number of rotatable bonds is 2. The van der Waals surface area contributed by atoms with Crippen LogP contribution in [0.5, 0.6) is 0 Å². The predicted octanol–water partition coefficient (Wildman–Crippen LogP) is 3.93. The van der Waals surface area contributed by atoms with E-state index in [1.807, 2.05) is 19.1 Å². The second-order valence-electron chi connectivity index (χ2n) is 5.61. The van der Waals surface area contributed by atoms with Gasteiger partial charge in [-0.3, -0.25) is 9.36 Å². The third-order valence-corrected chi connectivity index (χ3v) is 4.28. The average molecular weight is 268 g/mol. The molecule has 0 unspecified atom stereocenters. The normalized spacial score (nSPS) is 16.2. The number of benzene rings is 1. The average Bonchev–Trinajstić information content (AvgIpc) is 2.94. The molecule has 0 saturated heterocycles. The lowest BCUT2D eigenvalue weighted by Gasteiger charge is -2.22. The summed E-state index contributed by atoms with van der Waals surface area (Å²) in [5.74, 6) is 1.41. The quantitative estimate of drug-likeness (QED) is 0.827. The minimum atomic E-state index is -0.00445. The summed E-state index contributed by atoms with van der Waals surface area (Å²) in [4.78, 5) is 16.4. The number of nitrogens with zero attached hydrogens (tertiary/aromatic N) is 2. The molecule has 2 aromatic rings. The molecule has 1 saturated carbocycles. The fraction of sp³-hybridized carbons (Fsp3) is 0.412. The van der Waals surface area contributed by atoms with Crippen molar-refractivity contribution < 1.29 is 4.79 Å². The van der Waals surface area contributed by atoms with Crippen molar-refractivity contribution in [1.82, 2.24) is 9.55 Å². The first-order chi connectivity index (χ1) is 9.75. The molecule has 0 spiro atoms. The van der Waals surface area contributed by atoms with E-state index < -0.39 is 0 Å². The summed E-state index contributed by atoms with van der Waals surface area (Å²) in [6, 6.07) is 8.14. The Balaban J connectivity index is 1.79. The van der Waals surface area contributed by atoms with Crippen LogP contribution in [0.3, 0.4) is 0 Å². The van der Waals surface area contributed by atoms with Gasteiger partial charge in [-0.25, -0.2) is 4.98 Å². The highest BCUT2D eigenvalue weighted by Gasteiger charge is 2.16. The maximum absolute atomic E-state index is 12.3. The van der Waals surface area contributed by atoms with E-state index in [0.29, 0.717) is 5.92 Å². The SMILES string of the molecule is Cc1nccn1C(=O)c1ccc(C2CCCCC2)cc1. The van der Waals surface area contributed by atoms with E-state index in [9.17, 15) is 4.79 Å². The number of carbonyl (C=O) groups is 1. The van der Waals surface area contributed by atoms with E-state index in [-0.39, 0.29) is 5.91 Å². The molecular weight excluding hydrogens is 248 g/mol. The van der Waals surface area contributed by atoms with Gasteiger partial charge in [-0.15, -0.1) is 0 Å². The van der Waals surface area contributed by atoms with Gasteiger partial charge < -0.3 is 0 Å². The molecule has 0 atom stereocenters. The van der Waals surface area contributed by atoms with E-state index in [1.54, 1.807) is 17.0 Å². The Hall–Kier alpha value is -1.90. The lowest BCUT2D eigenvalue weighted by atomic mass is 9.84. The highest BCUT2D eigenvalue weighted by atomic mass is 16.2. The van der Waals surface area contributed by atoms with Crippen LogP contribution in [0.1, 0.15) is 59.8 Å². The molecule has 1 heterocycles. The molecule has 1 aliphatic carbocycles. The zero-order chi connectivity index (χ0) is 13.9. The van der Waals surface area contributed by atoms with E-state index in [4.69, 9.17) is 0 Å². The largest absolute Gasteiger partial charge is 0.270 e. The van der Waals surface area contributed by atoms with Crippen LogP contribution >= 0.6 is 0 Å². The molecule has 104 valence electrons. The molecule has 0 amide bonds. The van der Waals surface area contributed by atoms with E-state index in [1.165, 1.54) is 37.7 Å². The zero-order valence-electron chi connectivity index (χ0n) is 11.9.